The number of fused-ring (bicyclic) bond motifs is 4. The Kier molecular flexibility index (Phi) is 6.72. The third-order valence-corrected chi connectivity index (χ3v) is 6.88. The first-order valence-electron chi connectivity index (χ1n) is 12.0. The summed E-state index contributed by atoms with van der Waals surface area (Å²) in [5.74, 6) is 0.0411. The van der Waals surface area contributed by atoms with Crippen molar-refractivity contribution >= 4 is 11.8 Å². The standard InChI is InChI=1S/C29H30N2O3/c32-28-25-16-17-26(34-21-24-14-8-3-9-15-24)27(30(28)19-18-22-10-4-1-5-11-22)29(33)31(25)20-23-12-6-2-7-13-23/h1-15,25-27H,16-21H2/t25-,26+,27-/m0/s1. The van der Waals surface area contributed by atoms with Crippen LogP contribution in [0.15, 0.2) is 91.0 Å². The van der Waals surface area contributed by atoms with Crippen molar-refractivity contribution in [1.29, 1.82) is 0 Å². The molecular formula is C29H30N2O3. The largest absolute Gasteiger partial charge is 0.371 e. The maximum absolute atomic E-state index is 13.9. The lowest BCUT2D eigenvalue weighted by atomic mass is 10.0. The van der Waals surface area contributed by atoms with Gasteiger partial charge in [0.15, 0.2) is 0 Å². The van der Waals surface area contributed by atoms with Gasteiger partial charge in [0.1, 0.15) is 12.1 Å². The lowest BCUT2D eigenvalue weighted by Gasteiger charge is -2.44. The zero-order valence-electron chi connectivity index (χ0n) is 19.3. The summed E-state index contributed by atoms with van der Waals surface area (Å²) in [6.07, 6.45) is 1.70. The number of nitrogens with zero attached hydrogens (tertiary/aromatic N) is 2. The topological polar surface area (TPSA) is 49.9 Å². The highest BCUT2D eigenvalue weighted by molar-refractivity contribution is 5.98. The van der Waals surface area contributed by atoms with E-state index >= 15 is 0 Å². The van der Waals surface area contributed by atoms with Crippen LogP contribution in [0.25, 0.3) is 0 Å². The Morgan fingerprint density at radius 2 is 1.26 bits per heavy atom. The van der Waals surface area contributed by atoms with Gasteiger partial charge < -0.3 is 14.5 Å². The molecule has 2 bridgehead atoms. The predicted molar refractivity (Wildman–Crippen MR) is 131 cm³/mol. The van der Waals surface area contributed by atoms with Crippen LogP contribution in [0.1, 0.15) is 29.5 Å². The maximum Gasteiger partial charge on any atom is 0.249 e. The number of carbonyl (C=O) groups excluding carboxylic acids is 2. The van der Waals surface area contributed by atoms with Crippen molar-refractivity contribution in [3.8, 4) is 0 Å². The molecule has 3 aromatic rings. The van der Waals surface area contributed by atoms with Gasteiger partial charge in [-0.1, -0.05) is 91.0 Å². The average Bonchev–Trinajstić information content (AvgIpc) is 3.10. The molecule has 3 saturated heterocycles. The van der Waals surface area contributed by atoms with Crippen LogP contribution < -0.4 is 0 Å². The first-order chi connectivity index (χ1) is 16.7. The Balaban J connectivity index is 1.40. The highest BCUT2D eigenvalue weighted by Crippen LogP contribution is 2.33. The highest BCUT2D eigenvalue weighted by Gasteiger charge is 2.52. The Hall–Kier alpha value is -3.44. The Morgan fingerprint density at radius 3 is 1.91 bits per heavy atom. The van der Waals surface area contributed by atoms with E-state index in [0.717, 1.165) is 16.7 Å². The Morgan fingerprint density at radius 1 is 0.676 bits per heavy atom. The van der Waals surface area contributed by atoms with Gasteiger partial charge in [0.25, 0.3) is 0 Å². The van der Waals surface area contributed by atoms with Gasteiger partial charge >= 0.3 is 0 Å². The fourth-order valence-electron chi connectivity index (χ4n) is 5.10. The first kappa shape index (κ1) is 22.4. The molecule has 0 N–H and O–H groups in total. The summed E-state index contributed by atoms with van der Waals surface area (Å²) in [5.41, 5.74) is 3.26. The second kappa shape index (κ2) is 10.2. The van der Waals surface area contributed by atoms with Gasteiger partial charge in [0.05, 0.1) is 12.7 Å². The van der Waals surface area contributed by atoms with Gasteiger partial charge in [-0.2, -0.15) is 0 Å². The van der Waals surface area contributed by atoms with Gasteiger partial charge in [-0.05, 0) is 36.0 Å². The van der Waals surface area contributed by atoms with Crippen LogP contribution in [0.2, 0.25) is 0 Å². The molecule has 3 aromatic carbocycles. The summed E-state index contributed by atoms with van der Waals surface area (Å²) >= 11 is 0. The number of benzene rings is 3. The molecule has 3 atom stereocenters. The van der Waals surface area contributed by atoms with Crippen LogP contribution in [-0.2, 0) is 33.9 Å². The van der Waals surface area contributed by atoms with Crippen LogP contribution in [0, 0.1) is 0 Å². The molecule has 2 amide bonds. The Bertz CT molecular complexity index is 1100. The molecule has 3 heterocycles. The van der Waals surface area contributed by atoms with Crippen molar-refractivity contribution in [1.82, 2.24) is 9.80 Å². The molecule has 3 aliphatic heterocycles. The molecule has 0 spiro atoms. The number of carbonyl (C=O) groups is 2. The number of ether oxygens (including phenoxy) is 1. The van der Waals surface area contributed by atoms with Crippen LogP contribution in [0.4, 0.5) is 0 Å². The molecule has 3 aliphatic rings. The second-order valence-corrected chi connectivity index (χ2v) is 9.09. The fourth-order valence-corrected chi connectivity index (χ4v) is 5.10. The molecule has 0 radical (unpaired) electrons. The van der Waals surface area contributed by atoms with E-state index in [0.29, 0.717) is 39.0 Å². The summed E-state index contributed by atoms with van der Waals surface area (Å²) < 4.78 is 6.34. The lowest BCUT2D eigenvalue weighted by molar-refractivity contribution is -0.165. The smallest absolute Gasteiger partial charge is 0.249 e. The van der Waals surface area contributed by atoms with Crippen molar-refractivity contribution in [2.45, 2.75) is 50.6 Å². The molecule has 6 rings (SSSR count). The first-order valence-corrected chi connectivity index (χ1v) is 12.0. The SMILES string of the molecule is O=C1[C@@H]2CC[C@@H](OCc3ccccc3)[C@@H](C(=O)N2Cc2ccccc2)N1CCc1ccccc1. The van der Waals surface area contributed by atoms with E-state index in [9.17, 15) is 9.59 Å². The van der Waals surface area contributed by atoms with Crippen LogP contribution >= 0.6 is 0 Å². The molecule has 34 heavy (non-hydrogen) atoms. The number of rotatable bonds is 8. The number of amides is 2. The molecule has 0 unspecified atom stereocenters. The lowest BCUT2D eigenvalue weighted by Crippen LogP contribution is -2.65. The number of hydrogen-bond donors (Lipinski definition) is 0. The minimum atomic E-state index is -0.595. The van der Waals surface area contributed by atoms with Crippen LogP contribution in [0.5, 0.6) is 0 Å². The molecule has 0 saturated carbocycles. The summed E-state index contributed by atoms with van der Waals surface area (Å²) in [7, 11) is 0. The molecule has 0 aromatic heterocycles. The minimum Gasteiger partial charge on any atom is -0.371 e. The van der Waals surface area contributed by atoms with Crippen molar-refractivity contribution < 1.29 is 14.3 Å². The highest BCUT2D eigenvalue weighted by atomic mass is 16.5. The van der Waals surface area contributed by atoms with E-state index < -0.39 is 12.1 Å². The quantitative estimate of drug-likeness (QED) is 0.512. The van der Waals surface area contributed by atoms with Crippen LogP contribution in [-0.4, -0.2) is 46.3 Å². The molecule has 5 nitrogen and oxygen atoms in total. The summed E-state index contributed by atoms with van der Waals surface area (Å²) in [6.45, 7) is 1.39. The van der Waals surface area contributed by atoms with Gasteiger partial charge in [0, 0.05) is 13.1 Å². The third kappa shape index (κ3) is 4.75. The van der Waals surface area contributed by atoms with Gasteiger partial charge in [-0.25, -0.2) is 0 Å². The van der Waals surface area contributed by atoms with Gasteiger partial charge in [-0.3, -0.25) is 9.59 Å². The Labute approximate surface area is 201 Å². The normalized spacial score (nSPS) is 22.2. The molecule has 0 aliphatic carbocycles. The summed E-state index contributed by atoms with van der Waals surface area (Å²) in [5, 5.41) is 0. The molecule has 3 fully saturated rings. The number of hydrogen-bond acceptors (Lipinski definition) is 3. The van der Waals surface area contributed by atoms with Crippen molar-refractivity contribution in [3.63, 3.8) is 0 Å². The van der Waals surface area contributed by atoms with Crippen LogP contribution in [0.3, 0.4) is 0 Å². The summed E-state index contributed by atoms with van der Waals surface area (Å²) in [6, 6.07) is 29.0. The third-order valence-electron chi connectivity index (χ3n) is 6.88. The van der Waals surface area contributed by atoms with E-state index in [1.54, 1.807) is 9.80 Å². The minimum absolute atomic E-state index is 0.00271. The molecular weight excluding hydrogens is 424 g/mol. The molecule has 5 heteroatoms. The van der Waals surface area contributed by atoms with Gasteiger partial charge in [0.2, 0.25) is 11.8 Å². The second-order valence-electron chi connectivity index (χ2n) is 9.09. The fraction of sp³-hybridized carbons (Fsp3) is 0.310. The van der Waals surface area contributed by atoms with Crippen molar-refractivity contribution in [3.05, 3.63) is 108 Å². The van der Waals surface area contributed by atoms with Gasteiger partial charge in [-0.15, -0.1) is 0 Å². The average molecular weight is 455 g/mol. The zero-order valence-corrected chi connectivity index (χ0v) is 19.3. The van der Waals surface area contributed by atoms with Crippen molar-refractivity contribution in [2.24, 2.45) is 0 Å². The molecule has 174 valence electrons. The zero-order chi connectivity index (χ0) is 23.3. The van der Waals surface area contributed by atoms with E-state index in [-0.39, 0.29) is 17.9 Å². The van der Waals surface area contributed by atoms with E-state index in [1.165, 1.54) is 0 Å². The maximum atomic E-state index is 13.9. The number of piperazine rings is 1. The van der Waals surface area contributed by atoms with E-state index in [2.05, 4.69) is 12.1 Å². The summed E-state index contributed by atoms with van der Waals surface area (Å²) in [4.78, 5) is 31.1. The predicted octanol–water partition coefficient (Wildman–Crippen LogP) is 4.22. The van der Waals surface area contributed by atoms with E-state index in [4.69, 9.17) is 4.74 Å². The monoisotopic (exact) mass is 454 g/mol. The van der Waals surface area contributed by atoms with Crippen molar-refractivity contribution in [2.75, 3.05) is 6.54 Å². The van der Waals surface area contributed by atoms with E-state index in [1.807, 2.05) is 78.9 Å².